The minimum Gasteiger partial charge on any atom is -0.457 e. The predicted molar refractivity (Wildman–Crippen MR) is 164 cm³/mol. The van der Waals surface area contributed by atoms with Crippen LogP contribution in [-0.4, -0.2) is 49.9 Å². The first-order valence-electron chi connectivity index (χ1n) is 16.5. The van der Waals surface area contributed by atoms with Crippen LogP contribution in [0, 0.1) is 0 Å². The molecule has 0 heterocycles. The molecule has 0 aromatic carbocycles. The molecular weight excluding hydrogens is 529 g/mol. The average Bonchev–Trinajstić information content (AvgIpc) is 2.94. The highest BCUT2D eigenvalue weighted by Crippen LogP contribution is 2.43. The smallest absolute Gasteiger partial charge is 0.457 e. The topological polar surface area (TPSA) is 117 Å². The second kappa shape index (κ2) is 30.0. The van der Waals surface area contributed by atoms with Gasteiger partial charge in [0, 0.05) is 19.6 Å². The highest BCUT2D eigenvalue weighted by atomic mass is 31.2. The van der Waals surface area contributed by atoms with Crippen molar-refractivity contribution in [3.63, 3.8) is 0 Å². The highest BCUT2D eigenvalue weighted by Gasteiger charge is 2.25. The Morgan fingerprint density at radius 2 is 1.10 bits per heavy atom. The summed E-state index contributed by atoms with van der Waals surface area (Å²) in [5, 5.41) is 0. The van der Waals surface area contributed by atoms with Crippen molar-refractivity contribution in [1.29, 1.82) is 0 Å². The molecule has 3 N–H and O–H groups in total. The van der Waals surface area contributed by atoms with Gasteiger partial charge in [0.05, 0.1) is 19.8 Å². The third-order valence-electron chi connectivity index (χ3n) is 7.02. The quantitative estimate of drug-likeness (QED) is 0.0452. The summed E-state index contributed by atoms with van der Waals surface area (Å²) in [7, 11) is -4.25. The lowest BCUT2D eigenvalue weighted by atomic mass is 10.1. The first-order valence-corrected chi connectivity index (χ1v) is 18.0. The van der Waals surface area contributed by atoms with Gasteiger partial charge in [-0.1, -0.05) is 136 Å². The molecule has 0 aliphatic rings. The highest BCUT2D eigenvalue weighted by molar-refractivity contribution is 7.47. The molecule has 0 radical (unpaired) electrons. The van der Waals surface area contributed by atoms with Crippen molar-refractivity contribution in [2.45, 2.75) is 161 Å². The van der Waals surface area contributed by atoms with E-state index in [0.717, 1.165) is 32.1 Å². The molecular formula is C31H64NO7P. The van der Waals surface area contributed by atoms with Gasteiger partial charge in [-0.15, -0.1) is 0 Å². The molecule has 0 aromatic rings. The van der Waals surface area contributed by atoms with Crippen molar-refractivity contribution in [2.75, 3.05) is 33.0 Å². The number of hydrogen-bond donors (Lipinski definition) is 2. The third-order valence-corrected chi connectivity index (χ3v) is 8.01. The van der Waals surface area contributed by atoms with E-state index < -0.39 is 13.9 Å². The number of esters is 1. The van der Waals surface area contributed by atoms with Crippen LogP contribution in [0.5, 0.6) is 0 Å². The van der Waals surface area contributed by atoms with Gasteiger partial charge in [-0.3, -0.25) is 13.8 Å². The summed E-state index contributed by atoms with van der Waals surface area (Å²) in [4.78, 5) is 22.2. The van der Waals surface area contributed by atoms with E-state index in [2.05, 4.69) is 13.8 Å². The molecule has 240 valence electrons. The molecule has 0 spiro atoms. The zero-order valence-electron chi connectivity index (χ0n) is 26.1. The van der Waals surface area contributed by atoms with Crippen molar-refractivity contribution in [3.8, 4) is 0 Å². The maximum Gasteiger partial charge on any atom is 0.472 e. The molecule has 8 nitrogen and oxygen atoms in total. The number of hydrogen-bond acceptors (Lipinski definition) is 7. The molecule has 9 heteroatoms. The van der Waals surface area contributed by atoms with E-state index in [1.165, 1.54) is 103 Å². The van der Waals surface area contributed by atoms with Crippen LogP contribution in [0.25, 0.3) is 0 Å². The largest absolute Gasteiger partial charge is 0.472 e. The van der Waals surface area contributed by atoms with Crippen molar-refractivity contribution in [2.24, 2.45) is 5.73 Å². The molecule has 0 amide bonds. The number of phosphoric acid groups is 1. The number of phosphoric ester groups is 1. The lowest BCUT2D eigenvalue weighted by Crippen LogP contribution is -2.28. The molecule has 0 aromatic heterocycles. The summed E-state index contributed by atoms with van der Waals surface area (Å²) >= 11 is 0. The SMILES string of the molecule is CCCCCCCCCCCCCCOCC(COP(=O)(O)OCCN)OC(=O)CCCCCCCCCCC. The van der Waals surface area contributed by atoms with Crippen LogP contribution in [0.4, 0.5) is 0 Å². The maximum atomic E-state index is 12.4. The van der Waals surface area contributed by atoms with Crippen LogP contribution >= 0.6 is 7.82 Å². The van der Waals surface area contributed by atoms with Gasteiger partial charge in [-0.2, -0.15) is 0 Å². The summed E-state index contributed by atoms with van der Waals surface area (Å²) in [6.45, 7) is 4.91. The van der Waals surface area contributed by atoms with Crippen molar-refractivity contribution >= 4 is 13.8 Å². The number of ether oxygens (including phenoxy) is 2. The van der Waals surface area contributed by atoms with E-state index in [1.807, 2.05) is 0 Å². The Hall–Kier alpha value is -0.500. The van der Waals surface area contributed by atoms with Crippen LogP contribution in [-0.2, 0) is 27.9 Å². The Balaban J connectivity index is 4.11. The number of carbonyl (C=O) groups is 1. The van der Waals surface area contributed by atoms with E-state index in [1.54, 1.807) is 0 Å². The molecule has 2 unspecified atom stereocenters. The fourth-order valence-electron chi connectivity index (χ4n) is 4.58. The van der Waals surface area contributed by atoms with Gasteiger partial charge in [-0.25, -0.2) is 4.57 Å². The Labute approximate surface area is 246 Å². The van der Waals surface area contributed by atoms with Crippen LogP contribution in [0.1, 0.15) is 155 Å². The predicted octanol–water partition coefficient (Wildman–Crippen LogP) is 8.63. The molecule has 0 bridgehead atoms. The van der Waals surface area contributed by atoms with E-state index >= 15 is 0 Å². The van der Waals surface area contributed by atoms with E-state index in [0.29, 0.717) is 13.0 Å². The number of nitrogens with two attached hydrogens (primary N) is 1. The number of carbonyl (C=O) groups excluding carboxylic acids is 1. The minimum atomic E-state index is -4.25. The second-order valence-corrected chi connectivity index (χ2v) is 12.5. The Kier molecular flexibility index (Phi) is 29.6. The molecule has 40 heavy (non-hydrogen) atoms. The van der Waals surface area contributed by atoms with Gasteiger partial charge in [0.2, 0.25) is 0 Å². The Morgan fingerprint density at radius 1 is 0.650 bits per heavy atom. The van der Waals surface area contributed by atoms with Gasteiger partial charge >= 0.3 is 13.8 Å². The number of rotatable bonds is 32. The molecule has 2 atom stereocenters. The average molecular weight is 594 g/mol. The van der Waals surface area contributed by atoms with Crippen LogP contribution in [0.3, 0.4) is 0 Å². The fraction of sp³-hybridized carbons (Fsp3) is 0.968. The lowest BCUT2D eigenvalue weighted by molar-refractivity contribution is -0.154. The lowest BCUT2D eigenvalue weighted by Gasteiger charge is -2.20. The van der Waals surface area contributed by atoms with Crippen molar-refractivity contribution < 1.29 is 32.8 Å². The zero-order valence-corrected chi connectivity index (χ0v) is 27.0. The standard InChI is InChI=1S/C31H64NO7P/c1-3-5-7-9-11-13-14-15-17-19-21-23-26-36-28-30(29-38-40(34,35)37-27-25-32)39-31(33)24-22-20-18-16-12-10-8-6-4-2/h30H,3-29,32H2,1-2H3,(H,34,35). The van der Waals surface area contributed by atoms with Gasteiger partial charge in [0.25, 0.3) is 0 Å². The Morgan fingerprint density at radius 3 is 1.57 bits per heavy atom. The van der Waals surface area contributed by atoms with Crippen molar-refractivity contribution in [3.05, 3.63) is 0 Å². The van der Waals surface area contributed by atoms with E-state index in [4.69, 9.17) is 24.3 Å². The van der Waals surface area contributed by atoms with Gasteiger partial charge in [-0.05, 0) is 12.8 Å². The molecule has 0 rings (SSSR count). The number of unbranched alkanes of at least 4 members (excludes halogenated alkanes) is 19. The zero-order chi connectivity index (χ0) is 29.6. The molecule has 0 aliphatic carbocycles. The molecule has 0 saturated heterocycles. The van der Waals surface area contributed by atoms with E-state index in [9.17, 15) is 14.3 Å². The molecule has 0 fully saturated rings. The summed E-state index contributed by atoms with van der Waals surface area (Å²) in [5.41, 5.74) is 5.33. The summed E-state index contributed by atoms with van der Waals surface area (Å²) < 4.78 is 33.1. The van der Waals surface area contributed by atoms with Gasteiger partial charge < -0.3 is 20.1 Å². The van der Waals surface area contributed by atoms with E-state index in [-0.39, 0.29) is 32.3 Å². The monoisotopic (exact) mass is 593 g/mol. The maximum absolute atomic E-state index is 12.4. The summed E-state index contributed by atoms with van der Waals surface area (Å²) in [6.07, 6.45) is 25.4. The van der Waals surface area contributed by atoms with Gasteiger partial charge in [0.1, 0.15) is 6.10 Å². The molecule has 0 saturated carbocycles. The molecule has 0 aliphatic heterocycles. The van der Waals surface area contributed by atoms with Crippen LogP contribution in [0.15, 0.2) is 0 Å². The van der Waals surface area contributed by atoms with Crippen molar-refractivity contribution in [1.82, 2.24) is 0 Å². The third kappa shape index (κ3) is 29.0. The first kappa shape index (κ1) is 39.5. The van der Waals surface area contributed by atoms with Gasteiger partial charge in [0.15, 0.2) is 0 Å². The fourth-order valence-corrected chi connectivity index (χ4v) is 5.35. The first-order chi connectivity index (χ1) is 19.4. The summed E-state index contributed by atoms with van der Waals surface area (Å²) in [5.74, 6) is -0.332. The minimum absolute atomic E-state index is 0.0910. The summed E-state index contributed by atoms with van der Waals surface area (Å²) in [6, 6.07) is 0. The second-order valence-electron chi connectivity index (χ2n) is 11.0. The van der Waals surface area contributed by atoms with Crippen LogP contribution < -0.4 is 5.73 Å². The normalized spacial score (nSPS) is 13.8. The Bertz CT molecular complexity index is 594. The van der Waals surface area contributed by atoms with Crippen LogP contribution in [0.2, 0.25) is 0 Å².